The van der Waals surface area contributed by atoms with E-state index in [2.05, 4.69) is 41.7 Å². The van der Waals surface area contributed by atoms with E-state index < -0.39 is 0 Å². The number of hydrazone groups is 1. The number of methoxy groups -OCH3 is 1. The fraction of sp³-hybridized carbons (Fsp3) is 0.174. The molecule has 0 atom stereocenters. The van der Waals surface area contributed by atoms with Gasteiger partial charge in [0.1, 0.15) is 18.1 Å². The van der Waals surface area contributed by atoms with E-state index in [0.717, 1.165) is 28.2 Å². The van der Waals surface area contributed by atoms with Gasteiger partial charge in [-0.1, -0.05) is 60.2 Å². The van der Waals surface area contributed by atoms with Crippen molar-refractivity contribution in [1.82, 2.24) is 5.43 Å². The molecule has 0 saturated carbocycles. The molecule has 4 nitrogen and oxygen atoms in total. The second-order valence-electron chi connectivity index (χ2n) is 6.25. The van der Waals surface area contributed by atoms with Gasteiger partial charge in [-0.2, -0.15) is 5.10 Å². The van der Waals surface area contributed by atoms with Crippen LogP contribution in [0.2, 0.25) is 0 Å². The summed E-state index contributed by atoms with van der Waals surface area (Å²) < 4.78 is 11.2. The summed E-state index contributed by atoms with van der Waals surface area (Å²) in [4.78, 5) is 0. The molecule has 3 aromatic carbocycles. The molecule has 1 N–H and O–H groups in total. The van der Waals surface area contributed by atoms with Crippen molar-refractivity contribution in [3.8, 4) is 11.5 Å². The molecule has 0 amide bonds. The van der Waals surface area contributed by atoms with Crippen molar-refractivity contribution in [2.45, 2.75) is 20.1 Å². The fourth-order valence-corrected chi connectivity index (χ4v) is 2.64. The lowest BCUT2D eigenvalue weighted by Gasteiger charge is -2.08. The summed E-state index contributed by atoms with van der Waals surface area (Å²) in [6, 6.07) is 24.1. The maximum Gasteiger partial charge on any atom is 0.123 e. The summed E-state index contributed by atoms with van der Waals surface area (Å²) >= 11 is 0. The molecule has 27 heavy (non-hydrogen) atoms. The molecule has 0 aromatic heterocycles. The van der Waals surface area contributed by atoms with Gasteiger partial charge in [0.05, 0.1) is 19.9 Å². The zero-order valence-corrected chi connectivity index (χ0v) is 15.7. The first kappa shape index (κ1) is 18.5. The van der Waals surface area contributed by atoms with Crippen LogP contribution in [0.5, 0.6) is 11.5 Å². The summed E-state index contributed by atoms with van der Waals surface area (Å²) in [6.45, 7) is 3.23. The number of aryl methyl sites for hydroxylation is 1. The smallest absolute Gasteiger partial charge is 0.123 e. The first-order chi connectivity index (χ1) is 13.2. The van der Waals surface area contributed by atoms with Crippen molar-refractivity contribution in [3.63, 3.8) is 0 Å². The number of rotatable bonds is 8. The summed E-state index contributed by atoms with van der Waals surface area (Å²) in [7, 11) is 1.67. The van der Waals surface area contributed by atoms with Gasteiger partial charge in [-0.15, -0.1) is 0 Å². The molecule has 0 aliphatic rings. The van der Waals surface area contributed by atoms with Crippen molar-refractivity contribution in [2.75, 3.05) is 7.11 Å². The zero-order chi connectivity index (χ0) is 18.9. The lowest BCUT2D eigenvalue weighted by Crippen LogP contribution is -2.06. The van der Waals surface area contributed by atoms with Crippen LogP contribution in [0.25, 0.3) is 0 Å². The Bertz CT molecular complexity index is 889. The summed E-state index contributed by atoms with van der Waals surface area (Å²) in [5.41, 5.74) is 7.49. The quantitative estimate of drug-likeness (QED) is 0.467. The number of hydrogen-bond donors (Lipinski definition) is 1. The molecular weight excluding hydrogens is 336 g/mol. The molecule has 0 heterocycles. The Morgan fingerprint density at radius 2 is 1.78 bits per heavy atom. The van der Waals surface area contributed by atoms with Crippen LogP contribution in [0.3, 0.4) is 0 Å². The first-order valence-corrected chi connectivity index (χ1v) is 8.91. The molecule has 138 valence electrons. The van der Waals surface area contributed by atoms with E-state index in [4.69, 9.17) is 9.47 Å². The number of nitrogens with one attached hydrogen (secondary N) is 1. The average molecular weight is 360 g/mol. The molecular formula is C23H24N2O2. The highest BCUT2D eigenvalue weighted by Crippen LogP contribution is 2.17. The Labute approximate surface area is 160 Å². The van der Waals surface area contributed by atoms with Crippen LogP contribution in [0.15, 0.2) is 77.9 Å². The predicted molar refractivity (Wildman–Crippen MR) is 109 cm³/mol. The van der Waals surface area contributed by atoms with Crippen LogP contribution >= 0.6 is 0 Å². The van der Waals surface area contributed by atoms with E-state index >= 15 is 0 Å². The van der Waals surface area contributed by atoms with Gasteiger partial charge in [-0.3, -0.25) is 0 Å². The van der Waals surface area contributed by atoms with E-state index in [0.29, 0.717) is 13.2 Å². The van der Waals surface area contributed by atoms with Gasteiger partial charge < -0.3 is 14.9 Å². The van der Waals surface area contributed by atoms with Gasteiger partial charge in [0, 0.05) is 5.56 Å². The van der Waals surface area contributed by atoms with Crippen molar-refractivity contribution in [2.24, 2.45) is 5.10 Å². The number of benzene rings is 3. The highest BCUT2D eigenvalue weighted by atomic mass is 16.5. The Morgan fingerprint density at radius 3 is 2.59 bits per heavy atom. The molecule has 0 radical (unpaired) electrons. The monoisotopic (exact) mass is 360 g/mol. The highest BCUT2D eigenvalue weighted by Gasteiger charge is 2.00. The SMILES string of the molecule is COc1ccccc1CN/N=C\c1cccc(OCc2ccc(C)cc2)c1. The standard InChI is InChI=1S/C23H24N2O2/c1-18-10-12-19(13-11-18)17-27-22-8-5-6-20(14-22)15-24-25-16-21-7-3-4-9-23(21)26-2/h3-15,25H,16-17H2,1-2H3/b24-15-. The minimum Gasteiger partial charge on any atom is -0.496 e. The Hall–Kier alpha value is -3.27. The molecule has 3 rings (SSSR count). The maximum absolute atomic E-state index is 5.88. The molecule has 0 spiro atoms. The second kappa shape index (κ2) is 9.43. The second-order valence-corrected chi connectivity index (χ2v) is 6.25. The van der Waals surface area contributed by atoms with E-state index in [1.807, 2.05) is 48.5 Å². The van der Waals surface area contributed by atoms with E-state index in [9.17, 15) is 0 Å². The van der Waals surface area contributed by atoms with Gasteiger partial charge >= 0.3 is 0 Å². The maximum atomic E-state index is 5.88. The molecule has 3 aromatic rings. The third kappa shape index (κ3) is 5.61. The largest absolute Gasteiger partial charge is 0.496 e. The molecule has 0 saturated heterocycles. The lowest BCUT2D eigenvalue weighted by molar-refractivity contribution is 0.306. The molecule has 0 fully saturated rings. The van der Waals surface area contributed by atoms with Crippen molar-refractivity contribution in [1.29, 1.82) is 0 Å². The molecule has 0 bridgehead atoms. The minimum atomic E-state index is 0.549. The molecule has 4 heteroatoms. The van der Waals surface area contributed by atoms with Gasteiger partial charge in [0.2, 0.25) is 0 Å². The normalized spacial score (nSPS) is 10.7. The van der Waals surface area contributed by atoms with Gasteiger partial charge in [-0.05, 0) is 36.2 Å². The Kier molecular flexibility index (Phi) is 6.47. The van der Waals surface area contributed by atoms with Crippen molar-refractivity contribution >= 4 is 6.21 Å². The molecule has 0 aliphatic carbocycles. The number of ether oxygens (including phenoxy) is 2. The summed E-state index contributed by atoms with van der Waals surface area (Å²) in [5.74, 6) is 1.68. The average Bonchev–Trinajstić information content (AvgIpc) is 2.71. The lowest BCUT2D eigenvalue weighted by atomic mass is 10.2. The van der Waals surface area contributed by atoms with Gasteiger partial charge in [-0.25, -0.2) is 0 Å². The van der Waals surface area contributed by atoms with Crippen LogP contribution in [-0.4, -0.2) is 13.3 Å². The van der Waals surface area contributed by atoms with Crippen LogP contribution in [0.1, 0.15) is 22.3 Å². The third-order valence-electron chi connectivity index (χ3n) is 4.15. The number of hydrogen-bond acceptors (Lipinski definition) is 4. The van der Waals surface area contributed by atoms with Crippen LogP contribution in [0, 0.1) is 6.92 Å². The molecule has 0 unspecified atom stereocenters. The fourth-order valence-electron chi connectivity index (χ4n) is 2.64. The zero-order valence-electron chi connectivity index (χ0n) is 15.7. The Morgan fingerprint density at radius 1 is 0.963 bits per heavy atom. The van der Waals surface area contributed by atoms with Crippen molar-refractivity contribution < 1.29 is 9.47 Å². The number of para-hydroxylation sites is 1. The van der Waals surface area contributed by atoms with Crippen LogP contribution in [0.4, 0.5) is 0 Å². The predicted octanol–water partition coefficient (Wildman–Crippen LogP) is 4.71. The molecule has 0 aliphatic heterocycles. The third-order valence-corrected chi connectivity index (χ3v) is 4.15. The van der Waals surface area contributed by atoms with Crippen molar-refractivity contribution in [3.05, 3.63) is 95.1 Å². The van der Waals surface area contributed by atoms with E-state index in [1.165, 1.54) is 5.56 Å². The van der Waals surface area contributed by atoms with E-state index in [1.54, 1.807) is 13.3 Å². The minimum absolute atomic E-state index is 0.549. The van der Waals surface area contributed by atoms with Crippen LogP contribution < -0.4 is 14.9 Å². The topological polar surface area (TPSA) is 42.8 Å². The van der Waals surface area contributed by atoms with Crippen LogP contribution in [-0.2, 0) is 13.2 Å². The summed E-state index contributed by atoms with van der Waals surface area (Å²) in [5, 5.41) is 4.30. The Balaban J connectivity index is 1.53. The summed E-state index contributed by atoms with van der Waals surface area (Å²) in [6.07, 6.45) is 1.79. The highest BCUT2D eigenvalue weighted by molar-refractivity contribution is 5.79. The van der Waals surface area contributed by atoms with Gasteiger partial charge in [0.25, 0.3) is 0 Å². The first-order valence-electron chi connectivity index (χ1n) is 8.91. The number of nitrogens with zero attached hydrogens (tertiary/aromatic N) is 1. The van der Waals surface area contributed by atoms with Gasteiger partial charge in [0.15, 0.2) is 0 Å². The van der Waals surface area contributed by atoms with E-state index in [-0.39, 0.29) is 0 Å².